The van der Waals surface area contributed by atoms with Crippen LogP contribution in [-0.2, 0) is 4.79 Å². The molecule has 1 amide bonds. The summed E-state index contributed by atoms with van der Waals surface area (Å²) in [5, 5.41) is 0. The molecule has 0 aromatic carbocycles. The molecule has 0 aromatic heterocycles. The molecule has 0 unspecified atom stereocenters. The van der Waals surface area contributed by atoms with Crippen molar-refractivity contribution in [2.24, 2.45) is 0 Å². The highest BCUT2D eigenvalue weighted by Gasteiger charge is 2.09. The molecule has 0 radical (unpaired) electrons. The topological polar surface area (TPSA) is 20.3 Å². The van der Waals surface area contributed by atoms with Gasteiger partial charge in [-0.25, -0.2) is 0 Å². The lowest BCUT2D eigenvalue weighted by Crippen LogP contribution is -2.31. The number of hydrogen-bond donors (Lipinski definition) is 0. The molecular weight excluding hydrogens is 306 g/mol. The molecule has 0 bridgehead atoms. The van der Waals surface area contributed by atoms with E-state index in [2.05, 4.69) is 20.4 Å². The number of carbonyl (C=O) groups is 1. The van der Waals surface area contributed by atoms with Gasteiger partial charge in [-0.2, -0.15) is 0 Å². The van der Waals surface area contributed by atoms with Gasteiger partial charge in [-0.1, -0.05) is 110 Å². The zero-order valence-electron chi connectivity index (χ0n) is 17.4. The van der Waals surface area contributed by atoms with Gasteiger partial charge in [0.2, 0.25) is 5.91 Å². The van der Waals surface area contributed by atoms with E-state index in [9.17, 15) is 4.79 Å². The molecule has 0 saturated carbocycles. The minimum Gasteiger partial charge on any atom is -0.339 e. The number of carbonyl (C=O) groups excluding carboxylic acids is 1. The van der Waals surface area contributed by atoms with Crippen LogP contribution < -0.4 is 0 Å². The highest BCUT2D eigenvalue weighted by atomic mass is 16.2. The minimum absolute atomic E-state index is 0.117. The Morgan fingerprint density at radius 2 is 0.960 bits per heavy atom. The van der Waals surface area contributed by atoms with Crippen LogP contribution in [0.25, 0.3) is 0 Å². The van der Waals surface area contributed by atoms with E-state index < -0.39 is 0 Å². The molecule has 0 N–H and O–H groups in total. The monoisotopic (exact) mass is 351 g/mol. The molecule has 0 aliphatic heterocycles. The van der Waals surface area contributed by atoms with Gasteiger partial charge in [0.15, 0.2) is 0 Å². The van der Waals surface area contributed by atoms with Crippen molar-refractivity contribution < 1.29 is 4.79 Å². The van der Waals surface area contributed by atoms with Gasteiger partial charge in [0.25, 0.3) is 0 Å². The first-order chi connectivity index (χ1) is 12.3. The molecule has 0 spiro atoms. The Labute approximate surface area is 158 Å². The smallest absolute Gasteiger partial charge is 0.245 e. The lowest BCUT2D eigenvalue weighted by Gasteiger charge is -2.21. The highest BCUT2D eigenvalue weighted by Crippen LogP contribution is 2.11. The summed E-state index contributed by atoms with van der Waals surface area (Å²) in [5.41, 5.74) is 0. The van der Waals surface area contributed by atoms with Crippen LogP contribution in [0.15, 0.2) is 12.7 Å². The van der Waals surface area contributed by atoms with E-state index >= 15 is 0 Å². The van der Waals surface area contributed by atoms with Gasteiger partial charge in [-0.15, -0.1) is 0 Å². The van der Waals surface area contributed by atoms with E-state index in [1.165, 1.54) is 96.0 Å². The quantitative estimate of drug-likeness (QED) is 0.177. The van der Waals surface area contributed by atoms with Crippen molar-refractivity contribution in [1.29, 1.82) is 0 Å². The zero-order valence-corrected chi connectivity index (χ0v) is 17.4. The van der Waals surface area contributed by atoms with E-state index in [-0.39, 0.29) is 5.91 Å². The number of rotatable bonds is 19. The maximum absolute atomic E-state index is 12.0. The Kier molecular flexibility index (Phi) is 18.9. The number of hydrogen-bond acceptors (Lipinski definition) is 1. The third-order valence-corrected chi connectivity index (χ3v) is 5.05. The van der Waals surface area contributed by atoms with Crippen molar-refractivity contribution in [3.8, 4) is 0 Å². The Hall–Kier alpha value is -0.790. The first-order valence-electron chi connectivity index (χ1n) is 11.2. The molecule has 2 heteroatoms. The fraction of sp³-hybridized carbons (Fsp3) is 0.870. The number of amides is 1. The van der Waals surface area contributed by atoms with Crippen LogP contribution in [0.2, 0.25) is 0 Å². The molecule has 0 aliphatic rings. The largest absolute Gasteiger partial charge is 0.339 e. The molecular formula is C23H45NO. The van der Waals surface area contributed by atoms with Crippen LogP contribution >= 0.6 is 0 Å². The molecule has 2 nitrogen and oxygen atoms in total. The fourth-order valence-corrected chi connectivity index (χ4v) is 3.33. The summed E-state index contributed by atoms with van der Waals surface area (Å²) < 4.78 is 0. The van der Waals surface area contributed by atoms with Crippen LogP contribution in [0.5, 0.6) is 0 Å². The molecule has 0 rings (SSSR count). The third kappa shape index (κ3) is 16.4. The average Bonchev–Trinajstić information content (AvgIpc) is 2.63. The molecule has 0 saturated heterocycles. The van der Waals surface area contributed by atoms with E-state index in [0.717, 1.165) is 25.9 Å². The van der Waals surface area contributed by atoms with Gasteiger partial charge in [-0.3, -0.25) is 4.79 Å². The Balaban J connectivity index is 3.66. The molecule has 0 heterocycles. The van der Waals surface area contributed by atoms with Crippen molar-refractivity contribution in [2.45, 2.75) is 117 Å². The number of unbranched alkanes of at least 4 members (excludes halogenated alkanes) is 14. The summed E-state index contributed by atoms with van der Waals surface area (Å²) in [4.78, 5) is 14.0. The Morgan fingerprint density at radius 1 is 0.640 bits per heavy atom. The maximum atomic E-state index is 12.0. The normalized spacial score (nSPS) is 10.8. The van der Waals surface area contributed by atoms with Crippen molar-refractivity contribution in [1.82, 2.24) is 4.90 Å². The van der Waals surface area contributed by atoms with E-state index in [4.69, 9.17) is 0 Å². The third-order valence-electron chi connectivity index (χ3n) is 5.05. The molecule has 0 atom stereocenters. The van der Waals surface area contributed by atoms with Gasteiger partial charge in [0.05, 0.1) is 0 Å². The van der Waals surface area contributed by atoms with Gasteiger partial charge < -0.3 is 4.90 Å². The average molecular weight is 352 g/mol. The van der Waals surface area contributed by atoms with Crippen LogP contribution in [-0.4, -0.2) is 23.9 Å². The molecule has 0 aliphatic carbocycles. The van der Waals surface area contributed by atoms with Crippen molar-refractivity contribution in [3.05, 3.63) is 12.7 Å². The zero-order chi connectivity index (χ0) is 18.6. The summed E-state index contributed by atoms with van der Waals surface area (Å²) >= 11 is 0. The summed E-state index contributed by atoms with van der Waals surface area (Å²) in [5.74, 6) is 0.117. The molecule has 0 fully saturated rings. The van der Waals surface area contributed by atoms with E-state index in [1.54, 1.807) is 0 Å². The van der Waals surface area contributed by atoms with E-state index in [1.807, 2.05) is 4.90 Å². The Bertz CT molecular complexity index is 280. The fourth-order valence-electron chi connectivity index (χ4n) is 3.33. The second kappa shape index (κ2) is 19.5. The van der Waals surface area contributed by atoms with Crippen molar-refractivity contribution >= 4 is 5.91 Å². The molecule has 0 aromatic rings. The summed E-state index contributed by atoms with van der Waals surface area (Å²) in [7, 11) is 0. The lowest BCUT2D eigenvalue weighted by atomic mass is 10.1. The summed E-state index contributed by atoms with van der Waals surface area (Å²) in [6.45, 7) is 10.0. The van der Waals surface area contributed by atoms with Crippen molar-refractivity contribution in [3.63, 3.8) is 0 Å². The number of nitrogens with zero attached hydrogens (tertiary/aromatic N) is 1. The first kappa shape index (κ1) is 24.2. The summed E-state index contributed by atoms with van der Waals surface area (Å²) in [6, 6.07) is 0. The maximum Gasteiger partial charge on any atom is 0.245 e. The predicted molar refractivity (Wildman–Crippen MR) is 112 cm³/mol. The van der Waals surface area contributed by atoms with E-state index in [0.29, 0.717) is 0 Å². The van der Waals surface area contributed by atoms with Crippen molar-refractivity contribution in [2.75, 3.05) is 13.1 Å². The van der Waals surface area contributed by atoms with Gasteiger partial charge >= 0.3 is 0 Å². The van der Waals surface area contributed by atoms with Crippen LogP contribution in [0.3, 0.4) is 0 Å². The van der Waals surface area contributed by atoms with Crippen LogP contribution in [0, 0.1) is 0 Å². The van der Waals surface area contributed by atoms with Gasteiger partial charge in [-0.05, 0) is 18.9 Å². The SMILES string of the molecule is C=CC(=O)N(CCCCCCCCCC)CCCCCCCCCC. The standard InChI is InChI=1S/C23H45NO/c1-4-7-9-11-13-15-17-19-21-24(23(25)6-3)22-20-18-16-14-12-10-8-5-2/h6H,3-5,7-22H2,1-2H3. The molecule has 25 heavy (non-hydrogen) atoms. The minimum atomic E-state index is 0.117. The first-order valence-corrected chi connectivity index (χ1v) is 11.2. The lowest BCUT2D eigenvalue weighted by molar-refractivity contribution is -0.126. The second-order valence-corrected chi connectivity index (χ2v) is 7.48. The predicted octanol–water partition coefficient (Wildman–Crippen LogP) is 7.28. The second-order valence-electron chi connectivity index (χ2n) is 7.48. The molecule has 148 valence electrons. The highest BCUT2D eigenvalue weighted by molar-refractivity contribution is 5.86. The van der Waals surface area contributed by atoms with Crippen LogP contribution in [0.4, 0.5) is 0 Å². The van der Waals surface area contributed by atoms with Crippen LogP contribution in [0.1, 0.15) is 117 Å². The van der Waals surface area contributed by atoms with Gasteiger partial charge in [0.1, 0.15) is 0 Å². The van der Waals surface area contributed by atoms with Gasteiger partial charge in [0, 0.05) is 13.1 Å². The summed E-state index contributed by atoms with van der Waals surface area (Å²) in [6.07, 6.45) is 22.5. The Morgan fingerprint density at radius 3 is 1.28 bits per heavy atom.